The molecule has 0 radical (unpaired) electrons. The molecule has 13 heavy (non-hydrogen) atoms. The molecule has 0 atom stereocenters. The molecular weight excluding hydrogens is 186 g/mol. The smallest absolute Gasteiger partial charge is 0.220 e. The number of para-hydroxylation sites is 1. The summed E-state index contributed by atoms with van der Waals surface area (Å²) >= 11 is 1.39. The van der Waals surface area contributed by atoms with Gasteiger partial charge in [0, 0.05) is 0 Å². The molecule has 1 heterocycles. The van der Waals surface area contributed by atoms with Crippen LogP contribution >= 0.6 is 11.3 Å². The topological polar surface area (TPSA) is 60.4 Å². The predicted molar refractivity (Wildman–Crippen MR) is 51.7 cm³/mol. The molecule has 0 unspecified atom stereocenters. The molecule has 2 rings (SSSR count). The van der Waals surface area contributed by atoms with Gasteiger partial charge in [-0.15, -0.1) is 0 Å². The Morgan fingerprint density at radius 2 is 2.23 bits per heavy atom. The third-order valence-electron chi connectivity index (χ3n) is 1.75. The van der Waals surface area contributed by atoms with Gasteiger partial charge in [0.05, 0.1) is 10.2 Å². The number of carbonyl (C=O) groups excluding carboxylic acids is 1. The molecule has 66 valence electrons. The summed E-state index contributed by atoms with van der Waals surface area (Å²) in [5, 5.41) is 3.53. The first-order valence-corrected chi connectivity index (χ1v) is 4.48. The van der Waals surface area contributed by atoms with Gasteiger partial charge in [-0.05, 0) is 12.1 Å². The van der Waals surface area contributed by atoms with Crippen molar-refractivity contribution in [3.8, 4) is 0 Å². The molecule has 0 aliphatic carbocycles. The van der Waals surface area contributed by atoms with Crippen LogP contribution < -0.4 is 10.6 Å². The third kappa shape index (κ3) is 1.13. The van der Waals surface area contributed by atoms with Crippen molar-refractivity contribution >= 4 is 28.0 Å². The van der Waals surface area contributed by atoms with Crippen LogP contribution in [0, 0.1) is 0 Å². The van der Waals surface area contributed by atoms with Crippen LogP contribution in [0.1, 0.15) is 0 Å². The molecule has 4 nitrogen and oxygen atoms in total. The summed E-state index contributed by atoms with van der Waals surface area (Å²) in [5.74, 6) is 5.15. The zero-order valence-corrected chi connectivity index (χ0v) is 7.49. The first-order valence-electron chi connectivity index (χ1n) is 3.66. The summed E-state index contributed by atoms with van der Waals surface area (Å²) in [4.78, 5) is 11.2. The molecule has 2 aromatic rings. The highest BCUT2D eigenvalue weighted by Crippen LogP contribution is 2.14. The number of hydrogen-bond donors (Lipinski definition) is 1. The van der Waals surface area contributed by atoms with Crippen molar-refractivity contribution in [2.75, 3.05) is 0 Å². The molecule has 2 N–H and O–H groups in total. The monoisotopic (exact) mass is 193 g/mol. The summed E-state index contributed by atoms with van der Waals surface area (Å²) in [6, 6.07) is 7.56. The molecular formula is C8H7N3OS. The zero-order chi connectivity index (χ0) is 9.26. The maximum atomic E-state index is 10.7. The molecule has 0 spiro atoms. The van der Waals surface area contributed by atoms with E-state index in [1.54, 1.807) is 0 Å². The lowest BCUT2D eigenvalue weighted by atomic mass is 10.3. The standard InChI is InChI=1S/C8H7N3OS/c9-10-8-11(5-12)6-3-1-2-4-7(6)13-8/h1-5H,9H2. The SMILES string of the molecule is NN=c1sc2ccccc2n1C=O. The molecule has 0 saturated carbocycles. The maximum absolute atomic E-state index is 10.7. The van der Waals surface area contributed by atoms with Gasteiger partial charge in [0.25, 0.3) is 0 Å². The molecule has 0 saturated heterocycles. The number of thiazole rings is 1. The third-order valence-corrected chi connectivity index (χ3v) is 2.80. The molecule has 0 aliphatic rings. The van der Waals surface area contributed by atoms with E-state index in [4.69, 9.17) is 5.84 Å². The average Bonchev–Trinajstić information content (AvgIpc) is 2.55. The summed E-state index contributed by atoms with van der Waals surface area (Å²) in [5.41, 5.74) is 0.840. The number of nitrogens with zero attached hydrogens (tertiary/aromatic N) is 2. The van der Waals surface area contributed by atoms with Gasteiger partial charge in [0.15, 0.2) is 0 Å². The van der Waals surface area contributed by atoms with Crippen molar-refractivity contribution < 1.29 is 4.79 Å². The lowest BCUT2D eigenvalue weighted by molar-refractivity contribution is 0.547. The van der Waals surface area contributed by atoms with Crippen LogP contribution in [-0.4, -0.2) is 11.0 Å². The minimum absolute atomic E-state index is 0.510. The van der Waals surface area contributed by atoms with Crippen LogP contribution in [0.25, 0.3) is 10.2 Å². The van der Waals surface area contributed by atoms with Gasteiger partial charge in [-0.25, -0.2) is 0 Å². The van der Waals surface area contributed by atoms with Crippen molar-refractivity contribution in [2.45, 2.75) is 0 Å². The number of fused-ring (bicyclic) bond motifs is 1. The lowest BCUT2D eigenvalue weighted by Gasteiger charge is -1.90. The van der Waals surface area contributed by atoms with Crippen LogP contribution in [0.3, 0.4) is 0 Å². The van der Waals surface area contributed by atoms with Crippen LogP contribution in [0.2, 0.25) is 0 Å². The summed E-state index contributed by atoms with van der Waals surface area (Å²) in [6.45, 7) is 0. The Hall–Kier alpha value is -1.62. The second kappa shape index (κ2) is 3.02. The van der Waals surface area contributed by atoms with Crippen molar-refractivity contribution in [2.24, 2.45) is 10.9 Å². The van der Waals surface area contributed by atoms with Gasteiger partial charge in [0.2, 0.25) is 11.2 Å². The lowest BCUT2D eigenvalue weighted by Crippen LogP contribution is -2.15. The molecule has 5 heteroatoms. The van der Waals surface area contributed by atoms with Gasteiger partial charge >= 0.3 is 0 Å². The number of hydrogen-bond acceptors (Lipinski definition) is 4. The molecule has 1 aromatic carbocycles. The van der Waals surface area contributed by atoms with Crippen molar-refractivity contribution in [1.29, 1.82) is 0 Å². The molecule has 0 amide bonds. The zero-order valence-electron chi connectivity index (χ0n) is 6.68. The van der Waals surface area contributed by atoms with Gasteiger partial charge in [-0.2, -0.15) is 5.10 Å². The van der Waals surface area contributed by atoms with Gasteiger partial charge < -0.3 is 5.84 Å². The Morgan fingerprint density at radius 1 is 1.46 bits per heavy atom. The largest absolute Gasteiger partial charge is 0.320 e. The minimum Gasteiger partial charge on any atom is -0.320 e. The van der Waals surface area contributed by atoms with Gasteiger partial charge in [-0.3, -0.25) is 9.36 Å². The highest BCUT2D eigenvalue weighted by atomic mass is 32.1. The van der Waals surface area contributed by atoms with E-state index in [9.17, 15) is 4.79 Å². The highest BCUT2D eigenvalue weighted by molar-refractivity contribution is 7.16. The van der Waals surface area contributed by atoms with E-state index in [2.05, 4.69) is 5.10 Å². The van der Waals surface area contributed by atoms with E-state index in [1.165, 1.54) is 15.9 Å². The Kier molecular flexibility index (Phi) is 1.86. The van der Waals surface area contributed by atoms with E-state index in [0.717, 1.165) is 10.2 Å². The average molecular weight is 193 g/mol. The summed E-state index contributed by atoms with van der Waals surface area (Å²) in [7, 11) is 0. The molecule has 1 aromatic heterocycles. The fraction of sp³-hybridized carbons (Fsp3) is 0. The fourth-order valence-corrected chi connectivity index (χ4v) is 2.09. The van der Waals surface area contributed by atoms with Crippen molar-refractivity contribution in [3.05, 3.63) is 29.1 Å². The number of aromatic nitrogens is 1. The Labute approximate surface area is 77.9 Å². The second-order valence-electron chi connectivity index (χ2n) is 2.46. The summed E-state index contributed by atoms with van der Waals surface area (Å²) in [6.07, 6.45) is 0.713. The normalized spacial score (nSPS) is 12.2. The Morgan fingerprint density at radius 3 is 2.92 bits per heavy atom. The van der Waals surface area contributed by atoms with Gasteiger partial charge in [0.1, 0.15) is 0 Å². The minimum atomic E-state index is 0.510. The Balaban J connectivity index is 2.98. The van der Waals surface area contributed by atoms with Crippen LogP contribution in [0.4, 0.5) is 0 Å². The highest BCUT2D eigenvalue weighted by Gasteiger charge is 2.02. The number of benzene rings is 1. The predicted octanol–water partition coefficient (Wildman–Crippen LogP) is 0.515. The van der Waals surface area contributed by atoms with E-state index in [-0.39, 0.29) is 0 Å². The summed E-state index contributed by atoms with van der Waals surface area (Å²) < 4.78 is 2.43. The van der Waals surface area contributed by atoms with E-state index < -0.39 is 0 Å². The van der Waals surface area contributed by atoms with Crippen molar-refractivity contribution in [3.63, 3.8) is 0 Å². The Bertz CT molecular complexity index is 511. The van der Waals surface area contributed by atoms with Crippen LogP contribution in [-0.2, 0) is 4.79 Å². The first-order chi connectivity index (χ1) is 6.36. The van der Waals surface area contributed by atoms with Gasteiger partial charge in [-0.1, -0.05) is 23.5 Å². The van der Waals surface area contributed by atoms with E-state index in [0.29, 0.717) is 11.2 Å². The molecule has 0 fully saturated rings. The van der Waals surface area contributed by atoms with Crippen molar-refractivity contribution in [1.82, 2.24) is 4.57 Å². The maximum Gasteiger partial charge on any atom is 0.220 e. The quantitative estimate of drug-likeness (QED) is 0.407. The molecule has 0 bridgehead atoms. The fourth-order valence-electron chi connectivity index (χ4n) is 1.18. The van der Waals surface area contributed by atoms with E-state index >= 15 is 0 Å². The van der Waals surface area contributed by atoms with E-state index in [1.807, 2.05) is 24.3 Å². The number of carbonyl (C=O) groups is 1. The number of nitrogens with two attached hydrogens (primary N) is 1. The number of rotatable bonds is 1. The second-order valence-corrected chi connectivity index (χ2v) is 3.47. The first kappa shape index (κ1) is 8.00. The van der Waals surface area contributed by atoms with Crippen LogP contribution in [0.15, 0.2) is 29.4 Å². The molecule has 0 aliphatic heterocycles. The van der Waals surface area contributed by atoms with Crippen LogP contribution in [0.5, 0.6) is 0 Å².